The van der Waals surface area contributed by atoms with Gasteiger partial charge in [0, 0.05) is 58.8 Å². The first-order chi connectivity index (χ1) is 50.3. The molecule has 0 bridgehead atoms. The van der Waals surface area contributed by atoms with Crippen molar-refractivity contribution in [2.75, 3.05) is 0 Å². The van der Waals surface area contributed by atoms with E-state index in [-0.39, 0.29) is 93.8 Å². The second-order valence-corrected chi connectivity index (χ2v) is 25.8. The summed E-state index contributed by atoms with van der Waals surface area (Å²) in [6.45, 7) is 16.6. The summed E-state index contributed by atoms with van der Waals surface area (Å²) in [7, 11) is 0. The number of phenolic OH excluding ortho intramolecular Hbond substituents is 1. The highest BCUT2D eigenvalue weighted by molar-refractivity contribution is 5.86. The van der Waals surface area contributed by atoms with Crippen molar-refractivity contribution in [2.24, 2.45) is 0 Å². The monoisotopic (exact) mass is 1400 g/mol. The van der Waals surface area contributed by atoms with Gasteiger partial charge in [0.15, 0.2) is 0 Å². The van der Waals surface area contributed by atoms with Crippen LogP contribution in [-0.4, -0.2) is 39.8 Å². The van der Waals surface area contributed by atoms with Crippen LogP contribution in [0.1, 0.15) is 126 Å². The molecule has 0 aliphatic heterocycles. The van der Waals surface area contributed by atoms with Crippen LogP contribution in [0.3, 0.4) is 0 Å². The zero-order valence-electron chi connectivity index (χ0n) is 60.9. The first kappa shape index (κ1) is 80.5. The van der Waals surface area contributed by atoms with Gasteiger partial charge in [-0.25, -0.2) is 17.6 Å². The first-order valence-electron chi connectivity index (χ1n) is 34.7. The minimum atomic E-state index is -0.365. The van der Waals surface area contributed by atoms with Crippen LogP contribution in [0.5, 0.6) is 5.75 Å². The minimum absolute atomic E-state index is 0.0109. The summed E-state index contributed by atoms with van der Waals surface area (Å²) in [6, 6.07) is 91.1. The highest BCUT2D eigenvalue weighted by Crippen LogP contribution is 2.32. The van der Waals surface area contributed by atoms with Crippen LogP contribution in [-0.2, 0) is 41.6 Å². The molecule has 11 heteroatoms. The van der Waals surface area contributed by atoms with Gasteiger partial charge in [-0.2, -0.15) is 0 Å². The molecule has 1 unspecified atom stereocenters. The Hall–Kier alpha value is -11.8. The van der Waals surface area contributed by atoms with Crippen LogP contribution in [0.2, 0.25) is 0 Å². The lowest BCUT2D eigenvalue weighted by Crippen LogP contribution is -2.04. The molecule has 7 nitrogen and oxygen atoms in total. The van der Waals surface area contributed by atoms with Crippen molar-refractivity contribution in [3.8, 4) is 72.5 Å². The summed E-state index contributed by atoms with van der Waals surface area (Å²) < 4.78 is 56.1. The predicted molar refractivity (Wildman–Crippen MR) is 418 cm³/mol. The molecule has 0 aromatic heterocycles. The Labute approximate surface area is 615 Å². The van der Waals surface area contributed by atoms with Gasteiger partial charge in [0.05, 0.1) is 0 Å². The van der Waals surface area contributed by atoms with E-state index < -0.39 is 0 Å². The SMILES string of the molecule is CC(=O)C(C)c1ccc(-c2ccc(O)cc2)c(F)c1.CC(=O)Cc1ccc(-c2ccccc2)c(F)c1.CC(=O)Cc1ccc(-c2ccccc2)cc1.CC(=O)[C@@H](C)c1ccc(-c2ccccc2)c(F)c1.CC(=O)[C@@H](C)c1ccc(-c2ccccc2)cc1.CC(=O)[C@H](C)c1ccc(-c2ccccc2)c(F)c1. The molecule has 534 valence electrons. The third-order valence-corrected chi connectivity index (χ3v) is 17.9. The fourth-order valence-corrected chi connectivity index (χ4v) is 11.1. The molecule has 0 fully saturated rings. The average Bonchev–Trinajstić information content (AvgIpc) is 0.852. The topological polar surface area (TPSA) is 123 Å². The van der Waals surface area contributed by atoms with E-state index in [1.165, 1.54) is 86.3 Å². The molecule has 12 aromatic carbocycles. The van der Waals surface area contributed by atoms with Crippen LogP contribution in [0.25, 0.3) is 66.8 Å². The molecule has 105 heavy (non-hydrogen) atoms. The van der Waals surface area contributed by atoms with Gasteiger partial charge in [0.1, 0.15) is 63.7 Å². The van der Waals surface area contributed by atoms with E-state index in [4.69, 9.17) is 0 Å². The van der Waals surface area contributed by atoms with Crippen LogP contribution in [0, 0.1) is 23.3 Å². The number of ketones is 6. The fourth-order valence-electron chi connectivity index (χ4n) is 11.1. The molecule has 0 saturated carbocycles. The maximum Gasteiger partial charge on any atom is 0.136 e. The number of aromatic hydroxyl groups is 1. The lowest BCUT2D eigenvalue weighted by Gasteiger charge is -2.10. The lowest BCUT2D eigenvalue weighted by atomic mass is 9.94. The van der Waals surface area contributed by atoms with Crippen molar-refractivity contribution in [2.45, 2.75) is 106 Å². The number of hydrogen-bond acceptors (Lipinski definition) is 7. The summed E-state index contributed by atoms with van der Waals surface area (Å²) in [6.07, 6.45) is 0.807. The highest BCUT2D eigenvalue weighted by atomic mass is 19.1. The standard InChI is InChI=1S/C16H15FO2.2C16H15FO.C16H16O.C15H13FO.C15H14O/c1-10(11(2)18)13-5-8-15(16(17)9-13)12-3-6-14(19)7-4-12;2*1-11(12(2)18)14-8-9-15(16(17)10-14)13-6-4-3-5-7-13;1-12(13(2)17)14-8-10-16(11-9-14)15-6-4-3-5-7-15;1-11(17)9-12-7-8-14(15(16)10-12)13-5-3-2-4-6-13;1-12(16)11-13-7-9-15(10-8-13)14-5-3-2-4-6-14/h3-10,19H,1-2H3;2*3-11H,1-2H3;3-12H,1-2H3;2-8,10H,9H2,1H3;2-10H,11H2,1H3/t;2*11-;12-;;/m.101../s1. The van der Waals surface area contributed by atoms with Crippen molar-refractivity contribution in [3.05, 3.63) is 354 Å². The first-order valence-corrected chi connectivity index (χ1v) is 34.7. The van der Waals surface area contributed by atoms with Crippen LogP contribution >= 0.6 is 0 Å². The Morgan fingerprint density at radius 2 is 0.476 bits per heavy atom. The number of hydrogen-bond donors (Lipinski definition) is 1. The minimum Gasteiger partial charge on any atom is -0.508 e. The molecule has 12 rings (SSSR count). The molecular weight excluding hydrogens is 1320 g/mol. The summed E-state index contributed by atoms with van der Waals surface area (Å²) in [5.74, 6) is -1.37. The third-order valence-electron chi connectivity index (χ3n) is 17.9. The van der Waals surface area contributed by atoms with Gasteiger partial charge in [0.25, 0.3) is 0 Å². The molecule has 12 aromatic rings. The average molecular weight is 1410 g/mol. The van der Waals surface area contributed by atoms with Gasteiger partial charge in [0.2, 0.25) is 0 Å². The Morgan fingerprint density at radius 3 is 0.762 bits per heavy atom. The molecule has 0 heterocycles. The van der Waals surface area contributed by atoms with Gasteiger partial charge in [-0.1, -0.05) is 289 Å². The number of benzene rings is 12. The van der Waals surface area contributed by atoms with Gasteiger partial charge < -0.3 is 5.11 Å². The summed E-state index contributed by atoms with van der Waals surface area (Å²) in [4.78, 5) is 67.1. The molecule has 0 spiro atoms. The van der Waals surface area contributed by atoms with E-state index in [0.29, 0.717) is 39.8 Å². The molecule has 1 N–H and O–H groups in total. The number of carbonyl (C=O) groups is 6. The molecule has 4 atom stereocenters. The third kappa shape index (κ3) is 24.7. The van der Waals surface area contributed by atoms with Crippen molar-refractivity contribution in [1.82, 2.24) is 0 Å². The van der Waals surface area contributed by atoms with Gasteiger partial charge >= 0.3 is 0 Å². The van der Waals surface area contributed by atoms with E-state index >= 15 is 0 Å². The number of Topliss-reactive ketones (excluding diaryl/α,β-unsaturated/α-hetero) is 6. The number of rotatable bonds is 18. The van der Waals surface area contributed by atoms with Crippen molar-refractivity contribution in [3.63, 3.8) is 0 Å². The maximum absolute atomic E-state index is 14.1. The van der Waals surface area contributed by atoms with E-state index in [1.807, 2.05) is 171 Å². The second-order valence-electron chi connectivity index (χ2n) is 25.8. The lowest BCUT2D eigenvalue weighted by molar-refractivity contribution is -0.118. The maximum atomic E-state index is 14.1. The molecule has 0 saturated heterocycles. The van der Waals surface area contributed by atoms with E-state index in [0.717, 1.165) is 44.5 Å². The zero-order chi connectivity index (χ0) is 76.1. The highest BCUT2D eigenvalue weighted by Gasteiger charge is 2.18. The largest absolute Gasteiger partial charge is 0.508 e. The van der Waals surface area contributed by atoms with Gasteiger partial charge in [-0.15, -0.1) is 0 Å². The summed E-state index contributed by atoms with van der Waals surface area (Å²) >= 11 is 0. The Bertz CT molecular complexity index is 4710. The van der Waals surface area contributed by atoms with Crippen LogP contribution < -0.4 is 0 Å². The molecule has 0 amide bonds. The zero-order valence-corrected chi connectivity index (χ0v) is 60.9. The molecule has 0 aliphatic carbocycles. The quantitative estimate of drug-likeness (QED) is 0.0849. The summed E-state index contributed by atoms with van der Waals surface area (Å²) in [5, 5.41) is 9.22. The van der Waals surface area contributed by atoms with E-state index in [1.54, 1.807) is 83.1 Å². The second kappa shape index (κ2) is 40.1. The number of carbonyl (C=O) groups excluding carboxylic acids is 6. The van der Waals surface area contributed by atoms with E-state index in [9.17, 15) is 51.4 Å². The Kier molecular flexibility index (Phi) is 30.8. The smallest absolute Gasteiger partial charge is 0.136 e. The van der Waals surface area contributed by atoms with Crippen molar-refractivity contribution >= 4 is 34.7 Å². The fraction of sp³-hybridized carbons (Fsp3) is 0.170. The summed E-state index contributed by atoms with van der Waals surface area (Å²) in [5.41, 5.74) is 15.2. The normalized spacial score (nSPS) is 11.5. The van der Waals surface area contributed by atoms with Crippen molar-refractivity contribution in [1.29, 1.82) is 0 Å². The van der Waals surface area contributed by atoms with Gasteiger partial charge in [-0.05, 0) is 156 Å². The predicted octanol–water partition coefficient (Wildman–Crippen LogP) is 23.4. The van der Waals surface area contributed by atoms with Crippen LogP contribution in [0.15, 0.2) is 297 Å². The molecule has 0 radical (unpaired) electrons. The van der Waals surface area contributed by atoms with Crippen molar-refractivity contribution < 1.29 is 51.4 Å². The Morgan fingerprint density at radius 1 is 0.257 bits per heavy atom. The number of halogens is 4. The molecular formula is C94H88F4O7. The molecule has 0 aliphatic rings. The Balaban J connectivity index is 0.000000176. The van der Waals surface area contributed by atoms with Gasteiger partial charge in [-0.3, -0.25) is 28.8 Å². The number of phenols is 1. The van der Waals surface area contributed by atoms with E-state index in [2.05, 4.69) is 48.5 Å². The van der Waals surface area contributed by atoms with Crippen LogP contribution in [0.4, 0.5) is 17.6 Å².